The molecule has 0 saturated carbocycles. The van der Waals surface area contributed by atoms with Gasteiger partial charge in [0.1, 0.15) is 0 Å². The SMILES string of the molecule is CCCC/C=C\CCc1ccccc1C(C)(C)C. The molecule has 0 heterocycles. The fourth-order valence-electron chi connectivity index (χ4n) is 2.27. The lowest BCUT2D eigenvalue weighted by molar-refractivity contribution is 0.582. The van der Waals surface area contributed by atoms with Gasteiger partial charge in [-0.05, 0) is 35.8 Å². The van der Waals surface area contributed by atoms with Crippen LogP contribution in [-0.4, -0.2) is 0 Å². The Morgan fingerprint density at radius 3 is 2.33 bits per heavy atom. The summed E-state index contributed by atoms with van der Waals surface area (Å²) in [4.78, 5) is 0. The first-order valence-electron chi connectivity index (χ1n) is 7.29. The first kappa shape index (κ1) is 15.0. The largest absolute Gasteiger partial charge is 0.0885 e. The lowest BCUT2D eigenvalue weighted by atomic mass is 9.82. The maximum atomic E-state index is 2.34. The predicted molar refractivity (Wildman–Crippen MR) is 82.1 cm³/mol. The second-order valence-electron chi connectivity index (χ2n) is 6.06. The predicted octanol–water partition coefficient (Wildman–Crippen LogP) is 5.66. The molecular weight excluding hydrogens is 216 g/mol. The van der Waals surface area contributed by atoms with Crippen molar-refractivity contribution in [3.63, 3.8) is 0 Å². The van der Waals surface area contributed by atoms with Crippen molar-refractivity contribution in [1.29, 1.82) is 0 Å². The highest BCUT2D eigenvalue weighted by molar-refractivity contribution is 5.33. The molecule has 0 saturated heterocycles. The van der Waals surface area contributed by atoms with E-state index in [-0.39, 0.29) is 5.41 Å². The number of hydrogen-bond donors (Lipinski definition) is 0. The van der Waals surface area contributed by atoms with Gasteiger partial charge in [0.05, 0.1) is 0 Å². The molecule has 0 aliphatic carbocycles. The molecule has 18 heavy (non-hydrogen) atoms. The molecule has 0 aromatic heterocycles. The normalized spacial score (nSPS) is 12.2. The minimum absolute atomic E-state index is 0.252. The Labute approximate surface area is 113 Å². The Morgan fingerprint density at radius 2 is 1.67 bits per heavy atom. The Morgan fingerprint density at radius 1 is 1.00 bits per heavy atom. The van der Waals surface area contributed by atoms with E-state index in [1.165, 1.54) is 30.4 Å². The minimum atomic E-state index is 0.252. The summed E-state index contributed by atoms with van der Waals surface area (Å²) in [6.07, 6.45) is 10.8. The zero-order valence-electron chi connectivity index (χ0n) is 12.5. The van der Waals surface area contributed by atoms with Crippen LogP contribution in [0.1, 0.15) is 64.5 Å². The van der Waals surface area contributed by atoms with E-state index in [9.17, 15) is 0 Å². The van der Waals surface area contributed by atoms with Crippen LogP contribution in [0.25, 0.3) is 0 Å². The van der Waals surface area contributed by atoms with Gasteiger partial charge in [-0.25, -0.2) is 0 Å². The van der Waals surface area contributed by atoms with Crippen LogP contribution in [-0.2, 0) is 11.8 Å². The van der Waals surface area contributed by atoms with Gasteiger partial charge in [0.15, 0.2) is 0 Å². The molecule has 0 bridgehead atoms. The number of rotatable bonds is 6. The van der Waals surface area contributed by atoms with E-state index in [0.717, 1.165) is 12.8 Å². The number of unbranched alkanes of at least 4 members (excludes halogenated alkanes) is 2. The zero-order chi connectivity index (χ0) is 13.4. The minimum Gasteiger partial charge on any atom is -0.0885 e. The van der Waals surface area contributed by atoms with Crippen molar-refractivity contribution < 1.29 is 0 Å². The van der Waals surface area contributed by atoms with E-state index >= 15 is 0 Å². The van der Waals surface area contributed by atoms with Crippen LogP contribution in [0.4, 0.5) is 0 Å². The molecule has 0 aliphatic rings. The van der Waals surface area contributed by atoms with Gasteiger partial charge in [-0.1, -0.05) is 77.0 Å². The van der Waals surface area contributed by atoms with Crippen LogP contribution in [0.3, 0.4) is 0 Å². The fourth-order valence-corrected chi connectivity index (χ4v) is 2.27. The molecule has 0 spiro atoms. The molecular formula is C18H28. The molecule has 1 aromatic rings. The van der Waals surface area contributed by atoms with Crippen LogP contribution >= 0.6 is 0 Å². The van der Waals surface area contributed by atoms with Gasteiger partial charge in [0.2, 0.25) is 0 Å². The molecule has 1 aromatic carbocycles. The second kappa shape index (κ2) is 7.41. The van der Waals surface area contributed by atoms with Gasteiger partial charge in [-0.2, -0.15) is 0 Å². The third-order valence-corrected chi connectivity index (χ3v) is 3.30. The molecule has 0 radical (unpaired) electrons. The molecule has 0 unspecified atom stereocenters. The first-order chi connectivity index (χ1) is 8.55. The van der Waals surface area contributed by atoms with Crippen LogP contribution < -0.4 is 0 Å². The van der Waals surface area contributed by atoms with Crippen molar-refractivity contribution in [1.82, 2.24) is 0 Å². The molecule has 0 nitrogen and oxygen atoms in total. The average Bonchev–Trinajstić information content (AvgIpc) is 2.33. The molecule has 0 fully saturated rings. The fraction of sp³-hybridized carbons (Fsp3) is 0.556. The summed E-state index contributed by atoms with van der Waals surface area (Å²) < 4.78 is 0. The summed E-state index contributed by atoms with van der Waals surface area (Å²) in [6, 6.07) is 8.86. The lowest BCUT2D eigenvalue weighted by Crippen LogP contribution is -2.13. The van der Waals surface area contributed by atoms with Crippen molar-refractivity contribution in [3.05, 3.63) is 47.5 Å². The van der Waals surface area contributed by atoms with Gasteiger partial charge in [-0.15, -0.1) is 0 Å². The second-order valence-corrected chi connectivity index (χ2v) is 6.06. The molecule has 0 amide bonds. The van der Waals surface area contributed by atoms with E-state index in [0.29, 0.717) is 0 Å². The number of allylic oxidation sites excluding steroid dienone is 2. The van der Waals surface area contributed by atoms with Gasteiger partial charge < -0.3 is 0 Å². The quantitative estimate of drug-likeness (QED) is 0.447. The molecule has 0 N–H and O–H groups in total. The van der Waals surface area contributed by atoms with Gasteiger partial charge in [0.25, 0.3) is 0 Å². The van der Waals surface area contributed by atoms with Crippen molar-refractivity contribution in [3.8, 4) is 0 Å². The average molecular weight is 244 g/mol. The highest BCUT2D eigenvalue weighted by Gasteiger charge is 2.16. The third kappa shape index (κ3) is 5.08. The van der Waals surface area contributed by atoms with E-state index in [1.807, 2.05) is 0 Å². The monoisotopic (exact) mass is 244 g/mol. The molecule has 1 rings (SSSR count). The Bertz CT molecular complexity index is 366. The summed E-state index contributed by atoms with van der Waals surface area (Å²) in [5, 5.41) is 0. The molecule has 0 atom stereocenters. The van der Waals surface area contributed by atoms with Crippen LogP contribution in [0.5, 0.6) is 0 Å². The number of benzene rings is 1. The number of hydrogen-bond acceptors (Lipinski definition) is 0. The topological polar surface area (TPSA) is 0 Å². The summed E-state index contributed by atoms with van der Waals surface area (Å²) in [6.45, 7) is 9.13. The van der Waals surface area contributed by atoms with E-state index < -0.39 is 0 Å². The van der Waals surface area contributed by atoms with Crippen LogP contribution in [0.2, 0.25) is 0 Å². The summed E-state index contributed by atoms with van der Waals surface area (Å²) in [5.41, 5.74) is 3.25. The Kier molecular flexibility index (Phi) is 6.18. The van der Waals surface area contributed by atoms with E-state index in [4.69, 9.17) is 0 Å². The van der Waals surface area contributed by atoms with Crippen molar-refractivity contribution in [2.45, 2.75) is 65.2 Å². The van der Waals surface area contributed by atoms with E-state index in [2.05, 4.69) is 64.1 Å². The van der Waals surface area contributed by atoms with Gasteiger partial charge in [0, 0.05) is 0 Å². The molecule has 100 valence electrons. The van der Waals surface area contributed by atoms with Gasteiger partial charge >= 0.3 is 0 Å². The van der Waals surface area contributed by atoms with Crippen LogP contribution in [0.15, 0.2) is 36.4 Å². The highest BCUT2D eigenvalue weighted by atomic mass is 14.2. The van der Waals surface area contributed by atoms with Crippen LogP contribution in [0, 0.1) is 0 Å². The van der Waals surface area contributed by atoms with Crippen molar-refractivity contribution >= 4 is 0 Å². The third-order valence-electron chi connectivity index (χ3n) is 3.30. The number of aryl methyl sites for hydroxylation is 1. The summed E-state index contributed by atoms with van der Waals surface area (Å²) >= 11 is 0. The highest BCUT2D eigenvalue weighted by Crippen LogP contribution is 2.26. The van der Waals surface area contributed by atoms with E-state index in [1.54, 1.807) is 0 Å². The zero-order valence-corrected chi connectivity index (χ0v) is 12.5. The molecule has 0 heteroatoms. The summed E-state index contributed by atoms with van der Waals surface area (Å²) in [7, 11) is 0. The Balaban J connectivity index is 2.55. The standard InChI is InChI=1S/C18H28/c1-5-6-7-8-9-10-13-16-14-11-12-15-17(16)18(2,3)4/h8-9,11-12,14-15H,5-7,10,13H2,1-4H3/b9-8-. The van der Waals surface area contributed by atoms with Crippen molar-refractivity contribution in [2.75, 3.05) is 0 Å². The lowest BCUT2D eigenvalue weighted by Gasteiger charge is -2.22. The summed E-state index contributed by atoms with van der Waals surface area (Å²) in [5.74, 6) is 0. The maximum absolute atomic E-state index is 2.34. The van der Waals surface area contributed by atoms with Gasteiger partial charge in [-0.3, -0.25) is 0 Å². The maximum Gasteiger partial charge on any atom is -0.0129 e. The first-order valence-corrected chi connectivity index (χ1v) is 7.29. The smallest absolute Gasteiger partial charge is 0.0129 e. The molecule has 0 aliphatic heterocycles. The Hall–Kier alpha value is -1.04. The van der Waals surface area contributed by atoms with Crippen molar-refractivity contribution in [2.24, 2.45) is 0 Å².